The summed E-state index contributed by atoms with van der Waals surface area (Å²) in [6.07, 6.45) is -16.1. The molecular formula is C16H34O16. The average molecular weight is 482 g/mol. The maximum absolute atomic E-state index is 9.90. The number of hydrogen-bond acceptors (Lipinski definition) is 16. The molecule has 0 radical (unpaired) electrons. The molecule has 0 rings (SSSR count). The topological polar surface area (TPSA) is 317 Å². The second-order valence-corrected chi connectivity index (χ2v) is 6.22. The van der Waals surface area contributed by atoms with Crippen molar-refractivity contribution >= 4 is 12.6 Å². The minimum Gasteiger partial charge on any atom is -0.394 e. The molecule has 14 N–H and O–H groups in total. The standard InChI is InChI=1S/2C6H12O6.C4H10O4/c2*7-1-3(9)5(11)6(12)4(10)2-8;5-1-3(7)4(8)2-6/h2*1,3-6,8-12H,2H2;3-8H,1-2H2. The van der Waals surface area contributed by atoms with Crippen molar-refractivity contribution in [2.45, 2.75) is 61.0 Å². The molecule has 0 aliphatic rings. The van der Waals surface area contributed by atoms with E-state index in [0.717, 1.165) is 0 Å². The molecule has 0 saturated carbocycles. The largest absolute Gasteiger partial charge is 0.394 e. The molecule has 0 saturated heterocycles. The van der Waals surface area contributed by atoms with Crippen LogP contribution in [0.4, 0.5) is 0 Å². The van der Waals surface area contributed by atoms with Crippen LogP contribution in [0.25, 0.3) is 0 Å². The zero-order chi connectivity index (χ0) is 26.0. The highest BCUT2D eigenvalue weighted by atomic mass is 16.4. The average Bonchev–Trinajstić information content (AvgIpc) is 2.84. The molecule has 0 aromatic carbocycles. The van der Waals surface area contributed by atoms with Crippen molar-refractivity contribution in [3.63, 3.8) is 0 Å². The van der Waals surface area contributed by atoms with E-state index in [2.05, 4.69) is 0 Å². The van der Waals surface area contributed by atoms with Gasteiger partial charge in [-0.05, 0) is 0 Å². The second-order valence-electron chi connectivity index (χ2n) is 6.22. The Labute approximate surface area is 182 Å². The number of rotatable bonds is 13. The van der Waals surface area contributed by atoms with Crippen molar-refractivity contribution in [3.05, 3.63) is 0 Å². The Bertz CT molecular complexity index is 414. The van der Waals surface area contributed by atoms with Crippen molar-refractivity contribution in [1.29, 1.82) is 0 Å². The van der Waals surface area contributed by atoms with Crippen LogP contribution >= 0.6 is 0 Å². The van der Waals surface area contributed by atoms with Gasteiger partial charge in [-0.3, -0.25) is 0 Å². The smallest absolute Gasteiger partial charge is 0.151 e. The van der Waals surface area contributed by atoms with Crippen LogP contribution in [0.5, 0.6) is 0 Å². The van der Waals surface area contributed by atoms with Crippen molar-refractivity contribution in [2.75, 3.05) is 26.4 Å². The molecule has 194 valence electrons. The lowest BCUT2D eigenvalue weighted by Gasteiger charge is -2.22. The third-order valence-electron chi connectivity index (χ3n) is 3.66. The normalized spacial score (nSPS) is 20.3. The molecule has 0 amide bonds. The summed E-state index contributed by atoms with van der Waals surface area (Å²) in [4.78, 5) is 19.8. The van der Waals surface area contributed by atoms with Crippen LogP contribution in [0.2, 0.25) is 0 Å². The SMILES string of the molecule is O=CC(O)C(O)C(O)C(O)CO.O=CC(O)C(O)C(O)C(O)CO.OCC(O)C(O)CO. The van der Waals surface area contributed by atoms with Gasteiger partial charge in [0.05, 0.1) is 26.4 Å². The van der Waals surface area contributed by atoms with Gasteiger partial charge in [-0.25, -0.2) is 0 Å². The van der Waals surface area contributed by atoms with Gasteiger partial charge in [0.1, 0.15) is 61.0 Å². The Morgan fingerprint density at radius 3 is 0.781 bits per heavy atom. The Morgan fingerprint density at radius 1 is 0.406 bits per heavy atom. The van der Waals surface area contributed by atoms with Gasteiger partial charge in [-0.1, -0.05) is 0 Å². The van der Waals surface area contributed by atoms with E-state index in [1.165, 1.54) is 0 Å². The van der Waals surface area contributed by atoms with Crippen LogP contribution in [-0.2, 0) is 9.59 Å². The summed E-state index contributed by atoms with van der Waals surface area (Å²) in [5.41, 5.74) is 0. The van der Waals surface area contributed by atoms with E-state index < -0.39 is 87.5 Å². The number of aldehydes is 2. The highest BCUT2D eigenvalue weighted by molar-refractivity contribution is 5.57. The maximum atomic E-state index is 9.90. The Balaban J connectivity index is -0.000000404. The van der Waals surface area contributed by atoms with E-state index in [9.17, 15) is 9.59 Å². The van der Waals surface area contributed by atoms with E-state index in [1.54, 1.807) is 0 Å². The molecule has 32 heavy (non-hydrogen) atoms. The summed E-state index contributed by atoms with van der Waals surface area (Å²) in [5, 5.41) is 120. The number of hydrogen-bond donors (Lipinski definition) is 14. The predicted octanol–water partition coefficient (Wildman–Crippen LogP) is -9.06. The number of carbonyl (C=O) groups excluding carboxylic acids is 2. The first-order valence-corrected chi connectivity index (χ1v) is 8.95. The zero-order valence-electron chi connectivity index (χ0n) is 16.8. The number of aliphatic hydroxyl groups is 14. The molecule has 10 atom stereocenters. The Hall–Kier alpha value is -1.22. The van der Waals surface area contributed by atoms with Gasteiger partial charge < -0.3 is 81.1 Å². The van der Waals surface area contributed by atoms with Crippen molar-refractivity contribution < 1.29 is 81.1 Å². The molecule has 10 unspecified atom stereocenters. The zero-order valence-corrected chi connectivity index (χ0v) is 16.8. The lowest BCUT2D eigenvalue weighted by Crippen LogP contribution is -2.46. The monoisotopic (exact) mass is 482 g/mol. The van der Waals surface area contributed by atoms with Crippen molar-refractivity contribution in [2.24, 2.45) is 0 Å². The molecule has 0 aliphatic heterocycles. The van der Waals surface area contributed by atoms with Gasteiger partial charge in [0.15, 0.2) is 12.6 Å². The lowest BCUT2D eigenvalue weighted by molar-refractivity contribution is -0.136. The van der Waals surface area contributed by atoms with Crippen molar-refractivity contribution in [1.82, 2.24) is 0 Å². The summed E-state index contributed by atoms with van der Waals surface area (Å²) in [7, 11) is 0. The first-order valence-electron chi connectivity index (χ1n) is 8.95. The van der Waals surface area contributed by atoms with E-state index in [0.29, 0.717) is 0 Å². The second kappa shape index (κ2) is 20.4. The summed E-state index contributed by atoms with van der Waals surface area (Å²) in [6, 6.07) is 0. The van der Waals surface area contributed by atoms with Crippen LogP contribution in [0.15, 0.2) is 0 Å². The fourth-order valence-corrected chi connectivity index (χ4v) is 1.48. The van der Waals surface area contributed by atoms with E-state index in [1.807, 2.05) is 0 Å². The summed E-state index contributed by atoms with van der Waals surface area (Å²) < 4.78 is 0. The van der Waals surface area contributed by atoms with Gasteiger partial charge in [-0.15, -0.1) is 0 Å². The first kappa shape index (κ1) is 35.4. The summed E-state index contributed by atoms with van der Waals surface area (Å²) in [5.74, 6) is 0. The molecule has 0 aliphatic carbocycles. The molecular weight excluding hydrogens is 448 g/mol. The van der Waals surface area contributed by atoms with Crippen LogP contribution in [-0.4, -0.2) is 172 Å². The predicted molar refractivity (Wildman–Crippen MR) is 101 cm³/mol. The van der Waals surface area contributed by atoms with Gasteiger partial charge in [0, 0.05) is 0 Å². The third-order valence-corrected chi connectivity index (χ3v) is 3.66. The van der Waals surface area contributed by atoms with E-state index in [-0.39, 0.29) is 12.6 Å². The Kier molecular flexibility index (Phi) is 22.5. The van der Waals surface area contributed by atoms with E-state index >= 15 is 0 Å². The first-order chi connectivity index (χ1) is 14.8. The molecule has 0 fully saturated rings. The minimum absolute atomic E-state index is 0.0258. The fraction of sp³-hybridized carbons (Fsp3) is 0.875. The van der Waals surface area contributed by atoms with Crippen LogP contribution < -0.4 is 0 Å². The molecule has 16 heteroatoms. The molecule has 0 aromatic rings. The van der Waals surface area contributed by atoms with E-state index in [4.69, 9.17) is 71.5 Å². The van der Waals surface area contributed by atoms with Gasteiger partial charge in [0.25, 0.3) is 0 Å². The van der Waals surface area contributed by atoms with Crippen LogP contribution in [0.1, 0.15) is 0 Å². The molecule has 0 heterocycles. The summed E-state index contributed by atoms with van der Waals surface area (Å²) in [6.45, 7) is -2.57. The quantitative estimate of drug-likeness (QED) is 0.108. The Morgan fingerprint density at radius 2 is 0.625 bits per heavy atom. The van der Waals surface area contributed by atoms with Crippen LogP contribution in [0, 0.1) is 0 Å². The highest BCUT2D eigenvalue weighted by Crippen LogP contribution is 2.03. The molecule has 0 spiro atoms. The molecule has 16 nitrogen and oxygen atoms in total. The third kappa shape index (κ3) is 14.8. The fourth-order valence-electron chi connectivity index (χ4n) is 1.48. The summed E-state index contributed by atoms with van der Waals surface area (Å²) >= 11 is 0. The molecule has 0 aromatic heterocycles. The number of carbonyl (C=O) groups is 2. The number of aliphatic hydroxyl groups excluding tert-OH is 14. The van der Waals surface area contributed by atoms with Crippen molar-refractivity contribution in [3.8, 4) is 0 Å². The highest BCUT2D eigenvalue weighted by Gasteiger charge is 2.30. The van der Waals surface area contributed by atoms with Gasteiger partial charge >= 0.3 is 0 Å². The lowest BCUT2D eigenvalue weighted by atomic mass is 10.0. The minimum atomic E-state index is -1.79. The van der Waals surface area contributed by atoms with Gasteiger partial charge in [-0.2, -0.15) is 0 Å². The van der Waals surface area contributed by atoms with Crippen LogP contribution in [0.3, 0.4) is 0 Å². The maximum Gasteiger partial charge on any atom is 0.151 e. The molecule has 0 bridgehead atoms. The van der Waals surface area contributed by atoms with Gasteiger partial charge in [0.2, 0.25) is 0 Å².